The third-order valence-electron chi connectivity index (χ3n) is 7.18. The predicted octanol–water partition coefficient (Wildman–Crippen LogP) is 3.73. The monoisotopic (exact) mass is 409 g/mol. The first-order valence-electron chi connectivity index (χ1n) is 10.3. The van der Waals surface area contributed by atoms with Crippen LogP contribution in [-0.4, -0.2) is 25.1 Å². The van der Waals surface area contributed by atoms with Crippen LogP contribution in [0, 0.1) is 27.9 Å². The van der Waals surface area contributed by atoms with Crippen molar-refractivity contribution in [2.75, 3.05) is 0 Å². The van der Waals surface area contributed by atoms with Crippen LogP contribution in [0.2, 0.25) is 0 Å². The molecule has 4 saturated carbocycles. The van der Waals surface area contributed by atoms with Crippen LogP contribution in [-0.2, 0) is 5.41 Å². The highest BCUT2D eigenvalue weighted by Crippen LogP contribution is 2.60. The molecule has 4 aliphatic rings. The Hall–Kier alpha value is -3.16. The van der Waals surface area contributed by atoms with Crippen LogP contribution >= 0.6 is 0 Å². The lowest BCUT2D eigenvalue weighted by Crippen LogP contribution is -2.48. The molecule has 3 N–H and O–H groups in total. The van der Waals surface area contributed by atoms with Gasteiger partial charge in [-0.3, -0.25) is 14.9 Å². The lowest BCUT2D eigenvalue weighted by atomic mass is 9.48. The first-order valence-corrected chi connectivity index (χ1v) is 10.3. The van der Waals surface area contributed by atoms with Crippen LogP contribution in [0.5, 0.6) is 11.6 Å². The van der Waals surface area contributed by atoms with Gasteiger partial charge in [-0.1, -0.05) is 6.07 Å². The molecule has 2 aromatic rings. The van der Waals surface area contributed by atoms with Crippen molar-refractivity contribution < 1.29 is 15.1 Å². The van der Waals surface area contributed by atoms with Crippen molar-refractivity contribution in [2.24, 2.45) is 17.8 Å². The van der Waals surface area contributed by atoms with Gasteiger partial charge in [0.15, 0.2) is 0 Å². The Morgan fingerprint density at radius 3 is 2.30 bits per heavy atom. The second-order valence-corrected chi connectivity index (χ2v) is 9.19. The number of nitrogens with one attached hydrogen (secondary N) is 1. The lowest BCUT2D eigenvalue weighted by Gasteiger charge is -2.57. The fraction of sp³-hybridized carbons (Fsp3) is 0.455. The van der Waals surface area contributed by atoms with E-state index in [2.05, 4.69) is 9.97 Å². The van der Waals surface area contributed by atoms with Crippen molar-refractivity contribution in [2.45, 2.75) is 43.9 Å². The smallest absolute Gasteiger partial charge is 0.395 e. The Morgan fingerprint density at radius 1 is 1.10 bits per heavy atom. The minimum atomic E-state index is -1.03. The van der Waals surface area contributed by atoms with Crippen LogP contribution in [0.1, 0.15) is 55.5 Å². The van der Waals surface area contributed by atoms with E-state index in [9.17, 15) is 25.1 Å². The van der Waals surface area contributed by atoms with Crippen molar-refractivity contribution in [3.63, 3.8) is 0 Å². The predicted molar refractivity (Wildman–Crippen MR) is 110 cm³/mol. The van der Waals surface area contributed by atoms with Crippen LogP contribution in [0.3, 0.4) is 0 Å². The summed E-state index contributed by atoms with van der Waals surface area (Å²) in [5.74, 6) is 1.56. The zero-order chi connectivity index (χ0) is 21.0. The first kappa shape index (κ1) is 18.8. The summed E-state index contributed by atoms with van der Waals surface area (Å²) in [6.45, 7) is 0. The number of hydrogen-bond acceptors (Lipinski definition) is 6. The average Bonchev–Trinajstić information content (AvgIpc) is 2.65. The maximum absolute atomic E-state index is 11.8. The van der Waals surface area contributed by atoms with Gasteiger partial charge in [0.1, 0.15) is 11.6 Å². The van der Waals surface area contributed by atoms with E-state index in [4.69, 9.17) is 0 Å². The van der Waals surface area contributed by atoms with Crippen LogP contribution < -0.4 is 5.56 Å². The van der Waals surface area contributed by atoms with E-state index in [1.54, 1.807) is 12.1 Å². The second kappa shape index (κ2) is 6.68. The molecule has 1 heterocycles. The number of phenolic OH excluding ortho intramolecular Hbond substituents is 1. The minimum absolute atomic E-state index is 0.0253. The SMILES string of the molecule is O=c1[nH]c(C=Cc2cc(C34CC5CC(CC(C5)C3)C4)ccc2O)nc(O)c1[N+](=O)[O-]. The van der Waals surface area contributed by atoms with Gasteiger partial charge >= 0.3 is 11.2 Å². The van der Waals surface area contributed by atoms with Crippen LogP contribution in [0.15, 0.2) is 23.0 Å². The van der Waals surface area contributed by atoms with Crippen molar-refractivity contribution in [1.29, 1.82) is 0 Å². The molecule has 156 valence electrons. The third kappa shape index (κ3) is 3.07. The number of phenols is 1. The number of aromatic hydroxyl groups is 2. The normalized spacial score (nSPS) is 29.5. The third-order valence-corrected chi connectivity index (χ3v) is 7.18. The highest BCUT2D eigenvalue weighted by Gasteiger charge is 2.51. The van der Waals surface area contributed by atoms with Gasteiger partial charge in [-0.15, -0.1) is 0 Å². The van der Waals surface area contributed by atoms with E-state index in [1.165, 1.54) is 50.2 Å². The Labute approximate surface area is 172 Å². The molecule has 6 rings (SSSR count). The summed E-state index contributed by atoms with van der Waals surface area (Å²) >= 11 is 0. The van der Waals surface area contributed by atoms with Gasteiger partial charge in [-0.2, -0.15) is 4.98 Å². The molecule has 4 bridgehead atoms. The summed E-state index contributed by atoms with van der Waals surface area (Å²) in [5, 5.41) is 30.8. The highest BCUT2D eigenvalue weighted by molar-refractivity contribution is 5.71. The van der Waals surface area contributed by atoms with Gasteiger partial charge in [-0.25, -0.2) is 0 Å². The zero-order valence-corrected chi connectivity index (χ0v) is 16.4. The number of H-pyrrole nitrogens is 1. The molecule has 1 aromatic carbocycles. The standard InChI is InChI=1S/C22H23N3O5/c26-17-3-2-16(22-9-12-5-13(10-22)7-14(6-12)11-22)8-15(17)1-4-18-23-20(27)19(25(29)30)21(28)24-18/h1-4,8,12-14,26H,5-7,9-11H2,(H2,23,24,27,28). The largest absolute Gasteiger partial charge is 0.507 e. The molecule has 0 spiro atoms. The summed E-state index contributed by atoms with van der Waals surface area (Å²) in [6, 6.07) is 5.73. The molecule has 0 unspecified atom stereocenters. The fourth-order valence-electron chi connectivity index (χ4n) is 6.37. The maximum Gasteiger partial charge on any atom is 0.395 e. The number of nitrogens with zero attached hydrogens (tertiary/aromatic N) is 2. The van der Waals surface area contributed by atoms with Crippen molar-refractivity contribution in [3.8, 4) is 11.6 Å². The molecule has 0 amide bonds. The molecular formula is C22H23N3O5. The fourth-order valence-corrected chi connectivity index (χ4v) is 6.37. The van der Waals surface area contributed by atoms with E-state index >= 15 is 0 Å². The topological polar surface area (TPSA) is 129 Å². The summed E-state index contributed by atoms with van der Waals surface area (Å²) < 4.78 is 0. The molecule has 30 heavy (non-hydrogen) atoms. The summed E-state index contributed by atoms with van der Waals surface area (Å²) in [6.07, 6.45) is 10.7. The van der Waals surface area contributed by atoms with Crippen molar-refractivity contribution in [1.82, 2.24) is 9.97 Å². The van der Waals surface area contributed by atoms with Crippen LogP contribution in [0.4, 0.5) is 5.69 Å². The zero-order valence-electron chi connectivity index (χ0n) is 16.4. The van der Waals surface area contributed by atoms with Crippen molar-refractivity contribution in [3.05, 3.63) is 55.6 Å². The first-order chi connectivity index (χ1) is 14.3. The Kier molecular flexibility index (Phi) is 4.20. The molecule has 4 aliphatic carbocycles. The molecule has 1 aromatic heterocycles. The molecule has 0 aliphatic heterocycles. The summed E-state index contributed by atoms with van der Waals surface area (Å²) in [7, 11) is 0. The van der Waals surface area contributed by atoms with Gasteiger partial charge in [0.25, 0.3) is 5.88 Å². The van der Waals surface area contributed by atoms with Gasteiger partial charge < -0.3 is 15.2 Å². The Balaban J connectivity index is 1.47. The Bertz CT molecular complexity index is 1080. The molecule has 8 nitrogen and oxygen atoms in total. The lowest BCUT2D eigenvalue weighted by molar-refractivity contribution is -0.387. The average molecular weight is 409 g/mol. The maximum atomic E-state index is 11.8. The van der Waals surface area contributed by atoms with E-state index in [-0.39, 0.29) is 17.0 Å². The molecule has 0 saturated heterocycles. The van der Waals surface area contributed by atoms with E-state index in [1.807, 2.05) is 12.1 Å². The molecule has 8 heteroatoms. The van der Waals surface area contributed by atoms with E-state index in [0.29, 0.717) is 5.56 Å². The number of benzene rings is 1. The molecule has 0 atom stereocenters. The number of aromatic nitrogens is 2. The van der Waals surface area contributed by atoms with E-state index in [0.717, 1.165) is 17.8 Å². The van der Waals surface area contributed by atoms with E-state index < -0.39 is 22.0 Å². The number of rotatable bonds is 4. The molecule has 4 fully saturated rings. The van der Waals surface area contributed by atoms with Gasteiger partial charge in [0, 0.05) is 5.56 Å². The second-order valence-electron chi connectivity index (χ2n) is 9.19. The van der Waals surface area contributed by atoms with Crippen LogP contribution in [0.25, 0.3) is 12.2 Å². The summed E-state index contributed by atoms with van der Waals surface area (Å²) in [4.78, 5) is 27.6. The molecule has 0 radical (unpaired) electrons. The van der Waals surface area contributed by atoms with Crippen molar-refractivity contribution >= 4 is 17.8 Å². The minimum Gasteiger partial charge on any atom is -0.507 e. The van der Waals surface area contributed by atoms with Gasteiger partial charge in [0.05, 0.1) is 4.92 Å². The highest BCUT2D eigenvalue weighted by atomic mass is 16.6. The number of aromatic amines is 1. The number of nitro groups is 1. The molecular weight excluding hydrogens is 386 g/mol. The quantitative estimate of drug-likeness (QED) is 0.521. The number of hydrogen-bond donors (Lipinski definition) is 3. The van der Waals surface area contributed by atoms with Gasteiger partial charge in [0.2, 0.25) is 0 Å². The summed E-state index contributed by atoms with van der Waals surface area (Å²) in [5.41, 5.74) is -0.00301. The Morgan fingerprint density at radius 2 is 1.73 bits per heavy atom. The van der Waals surface area contributed by atoms with Gasteiger partial charge in [-0.05, 0) is 91.5 Å².